The van der Waals surface area contributed by atoms with E-state index in [9.17, 15) is 4.79 Å². The molecule has 1 atom stereocenters. The molecular weight excluding hydrogens is 590 g/mol. The molecule has 1 unspecified atom stereocenters. The molecular formula is C39H43N3O5. The zero-order valence-corrected chi connectivity index (χ0v) is 26.8. The van der Waals surface area contributed by atoms with Crippen LogP contribution in [0, 0.1) is 0 Å². The highest BCUT2D eigenvalue weighted by Crippen LogP contribution is 2.34. The van der Waals surface area contributed by atoms with E-state index < -0.39 is 12.0 Å². The van der Waals surface area contributed by atoms with Crippen LogP contribution in [0.15, 0.2) is 124 Å². The Morgan fingerprint density at radius 1 is 0.830 bits per heavy atom. The first-order valence-corrected chi connectivity index (χ1v) is 16.6. The average Bonchev–Trinajstić information content (AvgIpc) is 3.68. The average molecular weight is 634 g/mol. The second kappa shape index (κ2) is 16.8. The minimum atomic E-state index is -0.623. The van der Waals surface area contributed by atoms with Crippen LogP contribution in [0.4, 0.5) is 0 Å². The Bertz CT molecular complexity index is 1600. The maximum absolute atomic E-state index is 13.9. The highest BCUT2D eigenvalue weighted by atomic mass is 16.5. The summed E-state index contributed by atoms with van der Waals surface area (Å²) >= 11 is 0. The van der Waals surface area contributed by atoms with Gasteiger partial charge in [0, 0.05) is 6.54 Å². The van der Waals surface area contributed by atoms with Crippen molar-refractivity contribution in [2.24, 2.45) is 4.99 Å². The first-order chi connectivity index (χ1) is 23.2. The minimum Gasteiger partial charge on any atom is -0.489 e. The van der Waals surface area contributed by atoms with Crippen molar-refractivity contribution < 1.29 is 23.4 Å². The maximum atomic E-state index is 13.9. The molecule has 0 amide bonds. The number of piperidine rings is 1. The molecule has 47 heavy (non-hydrogen) atoms. The van der Waals surface area contributed by atoms with E-state index in [0.29, 0.717) is 42.7 Å². The number of carbonyl (C=O) groups excluding carboxylic acids is 1. The topological polar surface area (TPSA) is 85.5 Å². The van der Waals surface area contributed by atoms with Crippen molar-refractivity contribution in [2.75, 3.05) is 39.5 Å². The van der Waals surface area contributed by atoms with Crippen LogP contribution in [0.2, 0.25) is 0 Å². The number of nitrogens with one attached hydrogen (secondary N) is 1. The van der Waals surface area contributed by atoms with Crippen molar-refractivity contribution in [1.29, 1.82) is 0 Å². The van der Waals surface area contributed by atoms with Crippen LogP contribution >= 0.6 is 0 Å². The number of hydrogen-bond acceptors (Lipinski definition) is 8. The fraction of sp³-hybridized carbons (Fsp3) is 0.333. The zero-order valence-electron chi connectivity index (χ0n) is 26.8. The van der Waals surface area contributed by atoms with E-state index in [0.717, 1.165) is 49.4 Å². The third kappa shape index (κ3) is 9.21. The molecule has 0 bridgehead atoms. The number of esters is 1. The molecule has 0 spiro atoms. The van der Waals surface area contributed by atoms with Crippen molar-refractivity contribution in [3.8, 4) is 5.75 Å². The number of aryl methyl sites for hydroxylation is 1. The smallest absolute Gasteiger partial charge is 0.338 e. The number of ether oxygens (including phenoxy) is 3. The van der Waals surface area contributed by atoms with Crippen LogP contribution in [0.3, 0.4) is 0 Å². The van der Waals surface area contributed by atoms with Crippen molar-refractivity contribution in [3.05, 3.63) is 137 Å². The van der Waals surface area contributed by atoms with Crippen LogP contribution in [-0.4, -0.2) is 56.2 Å². The summed E-state index contributed by atoms with van der Waals surface area (Å²) in [4.78, 5) is 21.3. The molecule has 6 rings (SSSR count). The van der Waals surface area contributed by atoms with Gasteiger partial charge in [-0.05, 0) is 79.7 Å². The first kappa shape index (κ1) is 32.3. The third-order valence-corrected chi connectivity index (χ3v) is 8.48. The lowest BCUT2D eigenvalue weighted by Crippen LogP contribution is -2.36. The van der Waals surface area contributed by atoms with Gasteiger partial charge in [-0.2, -0.15) is 0 Å². The predicted octanol–water partition coefficient (Wildman–Crippen LogP) is 6.88. The molecule has 4 aromatic rings. The Hall–Kier alpha value is -4.66. The predicted molar refractivity (Wildman–Crippen MR) is 182 cm³/mol. The SMILES string of the molecule is O=C(OCCCc1ccccc1)C1=C(COCCN2CCCCC2)NC(c2ccco2)=NC1c1ccc(OCc2ccccc2)cc1. The van der Waals surface area contributed by atoms with Crippen LogP contribution in [-0.2, 0) is 27.3 Å². The van der Waals surface area contributed by atoms with Crippen LogP contribution in [0.25, 0.3) is 0 Å². The van der Waals surface area contributed by atoms with Gasteiger partial charge in [0.1, 0.15) is 18.4 Å². The molecule has 8 heteroatoms. The van der Waals surface area contributed by atoms with Gasteiger partial charge in [-0.15, -0.1) is 0 Å². The van der Waals surface area contributed by atoms with E-state index in [1.165, 1.54) is 24.8 Å². The molecule has 1 aromatic heterocycles. The number of amidine groups is 1. The van der Waals surface area contributed by atoms with E-state index in [2.05, 4.69) is 22.3 Å². The molecule has 2 aliphatic heterocycles. The lowest BCUT2D eigenvalue weighted by Gasteiger charge is -2.28. The number of nitrogens with zero attached hydrogens (tertiary/aromatic N) is 2. The Balaban J connectivity index is 1.21. The maximum Gasteiger partial charge on any atom is 0.338 e. The number of likely N-dealkylation sites (tertiary alicyclic amines) is 1. The molecule has 0 saturated carbocycles. The molecule has 1 saturated heterocycles. The molecule has 0 aliphatic carbocycles. The molecule has 1 N–H and O–H groups in total. The van der Waals surface area contributed by atoms with Gasteiger partial charge in [-0.3, -0.25) is 4.99 Å². The Morgan fingerprint density at radius 2 is 1.57 bits per heavy atom. The van der Waals surface area contributed by atoms with Gasteiger partial charge in [0.15, 0.2) is 11.6 Å². The fourth-order valence-corrected chi connectivity index (χ4v) is 5.93. The standard InChI is InChI=1S/C39H43N3O5/c43-39(46-26-10-16-30-12-4-1-5-13-30)36-34(29-44-27-24-42-22-8-3-9-23-42)40-38(35-17-11-25-45-35)41-37(36)32-18-20-33(21-19-32)47-28-31-14-6-2-7-15-31/h1-2,4-7,11-15,17-21,25,37H,3,8-10,16,22-24,26-29H2,(H,40,41). The minimum absolute atomic E-state index is 0.219. The van der Waals surface area contributed by atoms with Crippen molar-refractivity contribution in [2.45, 2.75) is 44.8 Å². The second-order valence-electron chi connectivity index (χ2n) is 11.9. The zero-order chi connectivity index (χ0) is 32.1. The Labute approximate surface area is 277 Å². The van der Waals surface area contributed by atoms with Gasteiger partial charge < -0.3 is 28.8 Å². The third-order valence-electron chi connectivity index (χ3n) is 8.48. The number of furan rings is 1. The van der Waals surface area contributed by atoms with E-state index in [1.807, 2.05) is 84.9 Å². The first-order valence-electron chi connectivity index (χ1n) is 16.6. The lowest BCUT2D eigenvalue weighted by molar-refractivity contribution is -0.139. The van der Waals surface area contributed by atoms with Gasteiger partial charge >= 0.3 is 5.97 Å². The fourth-order valence-electron chi connectivity index (χ4n) is 5.93. The highest BCUT2D eigenvalue weighted by molar-refractivity contribution is 6.02. The lowest BCUT2D eigenvalue weighted by atomic mass is 9.95. The van der Waals surface area contributed by atoms with Crippen molar-refractivity contribution >= 4 is 11.8 Å². The Morgan fingerprint density at radius 3 is 2.30 bits per heavy atom. The summed E-state index contributed by atoms with van der Waals surface area (Å²) in [6.45, 7) is 4.62. The number of aliphatic imine (C=N–C) groups is 1. The molecule has 2 aliphatic rings. The molecule has 0 radical (unpaired) electrons. The van der Waals surface area contributed by atoms with E-state index >= 15 is 0 Å². The monoisotopic (exact) mass is 633 g/mol. The van der Waals surface area contributed by atoms with E-state index in [4.69, 9.17) is 23.6 Å². The highest BCUT2D eigenvalue weighted by Gasteiger charge is 2.33. The summed E-state index contributed by atoms with van der Waals surface area (Å²) in [5.41, 5.74) is 4.21. The Kier molecular flexibility index (Phi) is 11.5. The number of benzene rings is 3. The summed E-state index contributed by atoms with van der Waals surface area (Å²) in [7, 11) is 0. The summed E-state index contributed by atoms with van der Waals surface area (Å²) in [6.07, 6.45) is 6.91. The number of hydrogen-bond donors (Lipinski definition) is 1. The van der Waals surface area contributed by atoms with E-state index in [1.54, 1.807) is 6.26 Å². The molecule has 3 heterocycles. The molecule has 3 aromatic carbocycles. The van der Waals surface area contributed by atoms with Crippen molar-refractivity contribution in [3.63, 3.8) is 0 Å². The summed E-state index contributed by atoms with van der Waals surface area (Å²) < 4.78 is 23.9. The summed E-state index contributed by atoms with van der Waals surface area (Å²) in [5.74, 6) is 1.45. The van der Waals surface area contributed by atoms with Crippen molar-refractivity contribution in [1.82, 2.24) is 10.2 Å². The molecule has 8 nitrogen and oxygen atoms in total. The van der Waals surface area contributed by atoms with Gasteiger partial charge in [0.05, 0.1) is 37.4 Å². The molecule has 1 fully saturated rings. The normalized spacial score (nSPS) is 16.8. The van der Waals surface area contributed by atoms with Crippen LogP contribution in [0.1, 0.15) is 54.2 Å². The number of rotatable bonds is 15. The quantitative estimate of drug-likeness (QED) is 0.113. The summed E-state index contributed by atoms with van der Waals surface area (Å²) in [5, 5.41) is 3.36. The number of carbonyl (C=O) groups is 1. The molecule has 244 valence electrons. The second-order valence-corrected chi connectivity index (χ2v) is 11.9. The van der Waals surface area contributed by atoms with Gasteiger partial charge in [0.2, 0.25) is 0 Å². The van der Waals surface area contributed by atoms with Crippen LogP contribution < -0.4 is 10.1 Å². The summed E-state index contributed by atoms with van der Waals surface area (Å²) in [6, 6.07) is 31.1. The van der Waals surface area contributed by atoms with Crippen LogP contribution in [0.5, 0.6) is 5.75 Å². The van der Waals surface area contributed by atoms with E-state index in [-0.39, 0.29) is 6.61 Å². The van der Waals surface area contributed by atoms with Gasteiger partial charge in [0.25, 0.3) is 0 Å². The van der Waals surface area contributed by atoms with Gasteiger partial charge in [-0.1, -0.05) is 79.2 Å². The largest absolute Gasteiger partial charge is 0.489 e. The van der Waals surface area contributed by atoms with Gasteiger partial charge in [-0.25, -0.2) is 4.79 Å².